The van der Waals surface area contributed by atoms with Gasteiger partial charge >= 0.3 is 0 Å². The summed E-state index contributed by atoms with van der Waals surface area (Å²) in [4.78, 5) is 23.2. The first-order valence-electron chi connectivity index (χ1n) is 6.04. The van der Waals surface area contributed by atoms with E-state index in [9.17, 15) is 9.59 Å². The molecular formula is C13H17N3O2. The minimum absolute atomic E-state index is 0.0813. The largest absolute Gasteiger partial charge is 0.349 e. The van der Waals surface area contributed by atoms with Crippen molar-refractivity contribution in [3.05, 3.63) is 29.8 Å². The van der Waals surface area contributed by atoms with Crippen molar-refractivity contribution in [1.82, 2.24) is 10.6 Å². The lowest BCUT2D eigenvalue weighted by Gasteiger charge is -2.07. The molecule has 5 nitrogen and oxygen atoms in total. The second-order valence-electron chi connectivity index (χ2n) is 4.41. The molecule has 0 aromatic heterocycles. The third-order valence-corrected chi connectivity index (χ3v) is 2.66. The third kappa shape index (κ3) is 3.56. The van der Waals surface area contributed by atoms with E-state index < -0.39 is 0 Å². The van der Waals surface area contributed by atoms with E-state index in [1.807, 2.05) is 0 Å². The van der Waals surface area contributed by atoms with Crippen LogP contribution in [0, 0.1) is 0 Å². The van der Waals surface area contributed by atoms with Crippen molar-refractivity contribution in [3.63, 3.8) is 0 Å². The van der Waals surface area contributed by atoms with Crippen molar-refractivity contribution in [2.75, 3.05) is 18.9 Å². The highest BCUT2D eigenvalue weighted by Crippen LogP contribution is 2.20. The molecule has 0 saturated heterocycles. The van der Waals surface area contributed by atoms with Crippen LogP contribution in [-0.4, -0.2) is 31.4 Å². The molecule has 0 bridgehead atoms. The molecule has 0 heterocycles. The van der Waals surface area contributed by atoms with Gasteiger partial charge in [0.15, 0.2) is 0 Å². The van der Waals surface area contributed by atoms with Gasteiger partial charge < -0.3 is 16.0 Å². The summed E-state index contributed by atoms with van der Waals surface area (Å²) in [6.07, 6.45) is 2.12. The normalized spacial score (nSPS) is 14.1. The van der Waals surface area contributed by atoms with Crippen LogP contribution in [0.1, 0.15) is 23.2 Å². The highest BCUT2D eigenvalue weighted by Gasteiger charge is 2.23. The predicted octanol–water partition coefficient (Wildman–Crippen LogP) is 0.737. The summed E-state index contributed by atoms with van der Waals surface area (Å²) in [5, 5.41) is 8.41. The Morgan fingerprint density at radius 2 is 2.11 bits per heavy atom. The Bertz CT molecular complexity index is 455. The summed E-state index contributed by atoms with van der Waals surface area (Å²) in [5.41, 5.74) is 1.21. The molecular weight excluding hydrogens is 230 g/mol. The fourth-order valence-electron chi connectivity index (χ4n) is 1.60. The van der Waals surface area contributed by atoms with Crippen molar-refractivity contribution in [3.8, 4) is 0 Å². The lowest BCUT2D eigenvalue weighted by Crippen LogP contribution is -2.26. The number of hydrogen-bond acceptors (Lipinski definition) is 3. The summed E-state index contributed by atoms with van der Waals surface area (Å²) in [7, 11) is 1.71. The number of amides is 2. The smallest absolute Gasteiger partial charge is 0.251 e. The fraction of sp³-hybridized carbons (Fsp3) is 0.385. The number of nitrogens with one attached hydrogen (secondary N) is 3. The maximum Gasteiger partial charge on any atom is 0.251 e. The van der Waals surface area contributed by atoms with E-state index in [-0.39, 0.29) is 18.4 Å². The van der Waals surface area contributed by atoms with Gasteiger partial charge in [0.1, 0.15) is 0 Å². The van der Waals surface area contributed by atoms with E-state index in [1.54, 1.807) is 31.3 Å². The Balaban J connectivity index is 1.99. The average molecular weight is 247 g/mol. The summed E-state index contributed by atoms with van der Waals surface area (Å²) in [5.74, 6) is -0.209. The summed E-state index contributed by atoms with van der Waals surface area (Å²) >= 11 is 0. The molecule has 2 amide bonds. The quantitative estimate of drug-likeness (QED) is 0.718. The van der Waals surface area contributed by atoms with Crippen LogP contribution in [0.25, 0.3) is 0 Å². The topological polar surface area (TPSA) is 70.2 Å². The monoisotopic (exact) mass is 247 g/mol. The Morgan fingerprint density at radius 3 is 2.78 bits per heavy atom. The van der Waals surface area contributed by atoms with Gasteiger partial charge in [0.05, 0.1) is 6.54 Å². The molecule has 96 valence electrons. The highest BCUT2D eigenvalue weighted by molar-refractivity contribution is 5.97. The van der Waals surface area contributed by atoms with Crippen LogP contribution in [0.15, 0.2) is 24.3 Å². The first-order valence-corrected chi connectivity index (χ1v) is 6.04. The molecule has 0 unspecified atom stereocenters. The fourth-order valence-corrected chi connectivity index (χ4v) is 1.60. The van der Waals surface area contributed by atoms with Crippen LogP contribution in [0.5, 0.6) is 0 Å². The summed E-state index contributed by atoms with van der Waals surface area (Å²) in [6, 6.07) is 7.29. The number of carbonyl (C=O) groups excluding carboxylic acids is 2. The molecule has 1 aromatic carbocycles. The molecule has 2 rings (SSSR count). The second kappa shape index (κ2) is 5.64. The number of carbonyl (C=O) groups is 2. The third-order valence-electron chi connectivity index (χ3n) is 2.66. The zero-order valence-corrected chi connectivity index (χ0v) is 10.3. The molecule has 1 saturated carbocycles. The molecule has 3 N–H and O–H groups in total. The van der Waals surface area contributed by atoms with Crippen molar-refractivity contribution < 1.29 is 9.59 Å². The van der Waals surface area contributed by atoms with Gasteiger partial charge in [-0.2, -0.15) is 0 Å². The van der Waals surface area contributed by atoms with E-state index >= 15 is 0 Å². The minimum atomic E-state index is -0.128. The number of hydrogen-bond donors (Lipinski definition) is 3. The number of benzene rings is 1. The first kappa shape index (κ1) is 12.6. The van der Waals surface area contributed by atoms with E-state index in [4.69, 9.17) is 0 Å². The Labute approximate surface area is 106 Å². The summed E-state index contributed by atoms with van der Waals surface area (Å²) in [6.45, 7) is 0.249. The standard InChI is InChI=1S/C13H17N3O2/c1-14-8-12(17)15-11-4-2-3-9(7-11)13(18)16-10-5-6-10/h2-4,7,10,14H,5-6,8H2,1H3,(H,15,17)(H,16,18). The highest BCUT2D eigenvalue weighted by atomic mass is 16.2. The van der Waals surface area contributed by atoms with Gasteiger partial charge in [0.2, 0.25) is 5.91 Å². The van der Waals surface area contributed by atoms with Gasteiger partial charge in [-0.15, -0.1) is 0 Å². The van der Waals surface area contributed by atoms with Crippen LogP contribution in [0.3, 0.4) is 0 Å². The first-order chi connectivity index (χ1) is 8.69. The van der Waals surface area contributed by atoms with Crippen LogP contribution < -0.4 is 16.0 Å². The number of rotatable bonds is 5. The maximum absolute atomic E-state index is 11.8. The Hall–Kier alpha value is -1.88. The zero-order chi connectivity index (χ0) is 13.0. The molecule has 0 radical (unpaired) electrons. The van der Waals surface area contributed by atoms with E-state index in [1.165, 1.54) is 0 Å². The zero-order valence-electron chi connectivity index (χ0n) is 10.3. The SMILES string of the molecule is CNCC(=O)Nc1cccc(C(=O)NC2CC2)c1. The van der Waals surface area contributed by atoms with E-state index in [0.717, 1.165) is 12.8 Å². The van der Waals surface area contributed by atoms with Crippen molar-refractivity contribution >= 4 is 17.5 Å². The van der Waals surface area contributed by atoms with E-state index in [2.05, 4.69) is 16.0 Å². The molecule has 0 aliphatic heterocycles. The lowest BCUT2D eigenvalue weighted by molar-refractivity contribution is -0.115. The van der Waals surface area contributed by atoms with Crippen molar-refractivity contribution in [1.29, 1.82) is 0 Å². The average Bonchev–Trinajstić information content (AvgIpc) is 3.13. The summed E-state index contributed by atoms with van der Waals surface area (Å²) < 4.78 is 0. The number of likely N-dealkylation sites (N-methyl/N-ethyl adjacent to an activating group) is 1. The molecule has 1 fully saturated rings. The van der Waals surface area contributed by atoms with Crippen LogP contribution in [-0.2, 0) is 4.79 Å². The van der Waals surface area contributed by atoms with Gasteiger partial charge in [-0.1, -0.05) is 6.07 Å². The van der Waals surface area contributed by atoms with Gasteiger partial charge in [-0.3, -0.25) is 9.59 Å². The second-order valence-corrected chi connectivity index (χ2v) is 4.41. The van der Waals surface area contributed by atoms with E-state index in [0.29, 0.717) is 17.3 Å². The molecule has 0 spiro atoms. The van der Waals surface area contributed by atoms with Gasteiger partial charge in [-0.05, 0) is 38.1 Å². The van der Waals surface area contributed by atoms with Crippen LogP contribution >= 0.6 is 0 Å². The number of anilines is 1. The minimum Gasteiger partial charge on any atom is -0.349 e. The van der Waals surface area contributed by atoms with Crippen molar-refractivity contribution in [2.24, 2.45) is 0 Å². The molecule has 0 atom stereocenters. The molecule has 1 aromatic rings. The Kier molecular flexibility index (Phi) is 3.94. The molecule has 18 heavy (non-hydrogen) atoms. The predicted molar refractivity (Wildman–Crippen MR) is 69.5 cm³/mol. The van der Waals surface area contributed by atoms with Gasteiger partial charge in [0, 0.05) is 17.3 Å². The molecule has 1 aliphatic rings. The molecule has 1 aliphatic carbocycles. The molecule has 5 heteroatoms. The van der Waals surface area contributed by atoms with Crippen LogP contribution in [0.2, 0.25) is 0 Å². The van der Waals surface area contributed by atoms with Crippen LogP contribution in [0.4, 0.5) is 5.69 Å². The van der Waals surface area contributed by atoms with Crippen molar-refractivity contribution in [2.45, 2.75) is 18.9 Å². The van der Waals surface area contributed by atoms with Gasteiger partial charge in [0.25, 0.3) is 5.91 Å². The Morgan fingerprint density at radius 1 is 1.33 bits per heavy atom. The maximum atomic E-state index is 11.8. The van der Waals surface area contributed by atoms with Gasteiger partial charge in [-0.25, -0.2) is 0 Å². The lowest BCUT2D eigenvalue weighted by atomic mass is 10.2.